The molecule has 0 radical (unpaired) electrons. The summed E-state index contributed by atoms with van der Waals surface area (Å²) in [6.07, 6.45) is 8.73. The van der Waals surface area contributed by atoms with Crippen molar-refractivity contribution in [3.05, 3.63) is 66.1 Å². The quantitative estimate of drug-likeness (QED) is 0.778. The summed E-state index contributed by atoms with van der Waals surface area (Å²) >= 11 is 6.32. The van der Waals surface area contributed by atoms with Crippen LogP contribution >= 0.6 is 11.6 Å². The first kappa shape index (κ1) is 12.8. The smallest absolute Gasteiger partial charge is 0.0992 e. The molecule has 0 saturated heterocycles. The summed E-state index contributed by atoms with van der Waals surface area (Å²) in [5, 5.41) is 4.12. The molecule has 5 heteroatoms. The van der Waals surface area contributed by atoms with Gasteiger partial charge in [-0.3, -0.25) is 0 Å². The van der Waals surface area contributed by atoms with Crippen LogP contribution in [0.2, 0.25) is 5.02 Å². The predicted octanol–water partition coefficient (Wildman–Crippen LogP) is 4.29. The van der Waals surface area contributed by atoms with Crippen LogP contribution in [0, 0.1) is 0 Å². The number of nitrogens with one attached hydrogen (secondary N) is 1. The molecule has 0 amide bonds. The van der Waals surface area contributed by atoms with Gasteiger partial charge in [0, 0.05) is 18.0 Å². The van der Waals surface area contributed by atoms with Crippen LogP contribution in [0.4, 0.5) is 5.69 Å². The van der Waals surface area contributed by atoms with E-state index < -0.39 is 0 Å². The van der Waals surface area contributed by atoms with Crippen LogP contribution in [0.1, 0.15) is 18.5 Å². The van der Waals surface area contributed by atoms with Crippen molar-refractivity contribution in [2.24, 2.45) is 0 Å². The number of para-hydroxylation sites is 1. The van der Waals surface area contributed by atoms with Gasteiger partial charge in [-0.25, -0.2) is 4.98 Å². The Labute approximate surface area is 122 Å². The number of rotatable bonds is 4. The molecular formula is C15H14ClN3O. The fourth-order valence-corrected chi connectivity index (χ4v) is 2.40. The Hall–Kier alpha value is -2.20. The van der Waals surface area contributed by atoms with E-state index in [2.05, 4.69) is 17.2 Å². The summed E-state index contributed by atoms with van der Waals surface area (Å²) in [6, 6.07) is 7.85. The molecular weight excluding hydrogens is 274 g/mol. The monoisotopic (exact) mass is 287 g/mol. The Kier molecular flexibility index (Phi) is 3.48. The lowest BCUT2D eigenvalue weighted by atomic mass is 10.1. The highest BCUT2D eigenvalue weighted by Crippen LogP contribution is 2.31. The highest BCUT2D eigenvalue weighted by molar-refractivity contribution is 6.33. The second kappa shape index (κ2) is 5.43. The van der Waals surface area contributed by atoms with Crippen molar-refractivity contribution in [3.8, 4) is 5.69 Å². The van der Waals surface area contributed by atoms with Gasteiger partial charge in [-0.2, -0.15) is 0 Å². The van der Waals surface area contributed by atoms with E-state index in [1.165, 1.54) is 0 Å². The SMILES string of the molecule is CC(Nc1cccc(Cl)c1-n1ccnc1)c1ccoc1. The average Bonchev–Trinajstić information content (AvgIpc) is 3.12. The van der Waals surface area contributed by atoms with Gasteiger partial charge < -0.3 is 14.3 Å². The van der Waals surface area contributed by atoms with Crippen LogP contribution in [0.3, 0.4) is 0 Å². The molecule has 1 unspecified atom stereocenters. The maximum absolute atomic E-state index is 6.32. The van der Waals surface area contributed by atoms with Crippen molar-refractivity contribution in [1.29, 1.82) is 0 Å². The zero-order chi connectivity index (χ0) is 13.9. The maximum Gasteiger partial charge on any atom is 0.0992 e. The van der Waals surface area contributed by atoms with Crippen molar-refractivity contribution in [1.82, 2.24) is 9.55 Å². The molecule has 0 aliphatic heterocycles. The molecule has 3 aromatic rings. The molecule has 0 aliphatic rings. The topological polar surface area (TPSA) is 43.0 Å². The van der Waals surface area contributed by atoms with Gasteiger partial charge in [-0.05, 0) is 25.1 Å². The minimum absolute atomic E-state index is 0.120. The lowest BCUT2D eigenvalue weighted by Gasteiger charge is -2.18. The molecule has 0 fully saturated rings. The molecule has 3 rings (SSSR count). The summed E-state index contributed by atoms with van der Waals surface area (Å²) in [7, 11) is 0. The molecule has 0 spiro atoms. The van der Waals surface area contributed by atoms with E-state index in [9.17, 15) is 0 Å². The van der Waals surface area contributed by atoms with Gasteiger partial charge in [0.25, 0.3) is 0 Å². The van der Waals surface area contributed by atoms with Crippen LogP contribution < -0.4 is 5.32 Å². The number of halogens is 1. The molecule has 0 bridgehead atoms. The van der Waals surface area contributed by atoms with E-state index in [1.54, 1.807) is 25.1 Å². The minimum Gasteiger partial charge on any atom is -0.472 e. The molecule has 102 valence electrons. The predicted molar refractivity (Wildman–Crippen MR) is 79.3 cm³/mol. The van der Waals surface area contributed by atoms with E-state index in [0.717, 1.165) is 16.9 Å². The fraction of sp³-hybridized carbons (Fsp3) is 0.133. The zero-order valence-electron chi connectivity index (χ0n) is 11.0. The molecule has 4 nitrogen and oxygen atoms in total. The zero-order valence-corrected chi connectivity index (χ0v) is 11.7. The Balaban J connectivity index is 1.96. The Morgan fingerprint density at radius 3 is 2.95 bits per heavy atom. The summed E-state index contributed by atoms with van der Waals surface area (Å²) in [4.78, 5) is 4.07. The molecule has 0 saturated carbocycles. The van der Waals surface area contributed by atoms with Crippen LogP contribution in [-0.2, 0) is 0 Å². The number of benzene rings is 1. The van der Waals surface area contributed by atoms with Crippen molar-refractivity contribution in [2.45, 2.75) is 13.0 Å². The number of nitrogens with zero attached hydrogens (tertiary/aromatic N) is 2. The third-order valence-electron chi connectivity index (χ3n) is 3.16. The third kappa shape index (κ3) is 2.42. The van der Waals surface area contributed by atoms with E-state index in [-0.39, 0.29) is 6.04 Å². The number of hydrogen-bond donors (Lipinski definition) is 1. The van der Waals surface area contributed by atoms with Gasteiger partial charge in [-0.15, -0.1) is 0 Å². The van der Waals surface area contributed by atoms with Crippen LogP contribution in [-0.4, -0.2) is 9.55 Å². The molecule has 1 atom stereocenters. The molecule has 1 aromatic carbocycles. The van der Waals surface area contributed by atoms with Crippen molar-refractivity contribution >= 4 is 17.3 Å². The van der Waals surface area contributed by atoms with Crippen molar-refractivity contribution in [2.75, 3.05) is 5.32 Å². The number of aromatic nitrogens is 2. The second-order valence-corrected chi connectivity index (χ2v) is 4.94. The minimum atomic E-state index is 0.120. The number of anilines is 1. The number of furan rings is 1. The highest BCUT2D eigenvalue weighted by Gasteiger charge is 2.12. The lowest BCUT2D eigenvalue weighted by Crippen LogP contribution is -2.08. The third-order valence-corrected chi connectivity index (χ3v) is 3.47. The average molecular weight is 288 g/mol. The van der Waals surface area contributed by atoms with Gasteiger partial charge >= 0.3 is 0 Å². The van der Waals surface area contributed by atoms with Gasteiger partial charge in [0.1, 0.15) is 0 Å². The number of imidazole rings is 1. The van der Waals surface area contributed by atoms with Gasteiger partial charge in [0.2, 0.25) is 0 Å². The largest absolute Gasteiger partial charge is 0.472 e. The number of hydrogen-bond acceptors (Lipinski definition) is 3. The lowest BCUT2D eigenvalue weighted by molar-refractivity contribution is 0.562. The Morgan fingerprint density at radius 2 is 2.25 bits per heavy atom. The van der Waals surface area contributed by atoms with Crippen LogP contribution in [0.5, 0.6) is 0 Å². The first-order chi connectivity index (χ1) is 9.75. The van der Waals surface area contributed by atoms with Gasteiger partial charge in [0.15, 0.2) is 0 Å². The van der Waals surface area contributed by atoms with Crippen LogP contribution in [0.15, 0.2) is 59.9 Å². The highest BCUT2D eigenvalue weighted by atomic mass is 35.5. The van der Waals surface area contributed by atoms with Crippen molar-refractivity contribution in [3.63, 3.8) is 0 Å². The van der Waals surface area contributed by atoms with E-state index in [4.69, 9.17) is 16.0 Å². The summed E-state index contributed by atoms with van der Waals surface area (Å²) < 4.78 is 7.01. The molecule has 2 aromatic heterocycles. The summed E-state index contributed by atoms with van der Waals surface area (Å²) in [6.45, 7) is 2.07. The van der Waals surface area contributed by atoms with Gasteiger partial charge in [0.05, 0.1) is 41.3 Å². The first-order valence-electron chi connectivity index (χ1n) is 6.31. The molecule has 0 aliphatic carbocycles. The first-order valence-corrected chi connectivity index (χ1v) is 6.69. The summed E-state index contributed by atoms with van der Waals surface area (Å²) in [5.74, 6) is 0. The molecule has 1 N–H and O–H groups in total. The standard InChI is InChI=1S/C15H14ClN3O/c1-11(12-5-8-20-9-12)18-14-4-2-3-13(16)15(14)19-7-6-17-10-19/h2-11,18H,1H3. The van der Waals surface area contributed by atoms with Gasteiger partial charge in [-0.1, -0.05) is 17.7 Å². The normalized spacial score (nSPS) is 12.3. The maximum atomic E-state index is 6.32. The molecule has 20 heavy (non-hydrogen) atoms. The fourth-order valence-electron chi connectivity index (χ4n) is 2.12. The van der Waals surface area contributed by atoms with Crippen molar-refractivity contribution < 1.29 is 4.42 Å². The van der Waals surface area contributed by atoms with Crippen LogP contribution in [0.25, 0.3) is 5.69 Å². The summed E-state index contributed by atoms with van der Waals surface area (Å²) in [5.41, 5.74) is 2.92. The molecule has 2 heterocycles. The second-order valence-electron chi connectivity index (χ2n) is 4.53. The van der Waals surface area contributed by atoms with E-state index in [1.807, 2.05) is 35.0 Å². The Bertz CT molecular complexity index is 677. The van der Waals surface area contributed by atoms with E-state index in [0.29, 0.717) is 5.02 Å². The van der Waals surface area contributed by atoms with E-state index >= 15 is 0 Å². The Morgan fingerprint density at radius 1 is 1.35 bits per heavy atom.